The molecule has 214 valence electrons. The lowest BCUT2D eigenvalue weighted by atomic mass is 9.77. The van der Waals surface area contributed by atoms with Gasteiger partial charge in [-0.2, -0.15) is 0 Å². The Bertz CT molecular complexity index is 1130. The van der Waals surface area contributed by atoms with E-state index in [1.165, 1.54) is 19.2 Å². The molecule has 2 saturated heterocycles. The van der Waals surface area contributed by atoms with Crippen LogP contribution in [0.5, 0.6) is 5.75 Å². The predicted molar refractivity (Wildman–Crippen MR) is 145 cm³/mol. The second-order valence-electron chi connectivity index (χ2n) is 11.6. The lowest BCUT2D eigenvalue weighted by Gasteiger charge is -2.49. The number of hydrogen-bond acceptors (Lipinski definition) is 6. The van der Waals surface area contributed by atoms with Gasteiger partial charge in [0, 0.05) is 47.4 Å². The van der Waals surface area contributed by atoms with Gasteiger partial charge >= 0.3 is 6.36 Å². The zero-order valence-electron chi connectivity index (χ0n) is 23.5. The van der Waals surface area contributed by atoms with E-state index in [9.17, 15) is 18.0 Å². The van der Waals surface area contributed by atoms with Gasteiger partial charge < -0.3 is 14.5 Å². The van der Waals surface area contributed by atoms with E-state index in [0.29, 0.717) is 13.1 Å². The van der Waals surface area contributed by atoms with Crippen molar-refractivity contribution in [2.45, 2.75) is 71.7 Å². The zero-order valence-corrected chi connectivity index (χ0v) is 23.5. The van der Waals surface area contributed by atoms with Gasteiger partial charge in [-0.15, -0.1) is 13.2 Å². The Morgan fingerprint density at radius 1 is 1.05 bits per heavy atom. The van der Waals surface area contributed by atoms with Gasteiger partial charge in [0.15, 0.2) is 0 Å². The third kappa shape index (κ3) is 6.65. The van der Waals surface area contributed by atoms with Gasteiger partial charge in [0.2, 0.25) is 0 Å². The van der Waals surface area contributed by atoms with Gasteiger partial charge in [-0.05, 0) is 88.9 Å². The first-order valence-electron chi connectivity index (χ1n) is 13.6. The largest absolute Gasteiger partial charge is 0.573 e. The van der Waals surface area contributed by atoms with Crippen molar-refractivity contribution in [3.8, 4) is 5.75 Å². The molecule has 39 heavy (non-hydrogen) atoms. The van der Waals surface area contributed by atoms with Crippen LogP contribution in [0.2, 0.25) is 0 Å². The number of carbonyl (C=O) groups is 1. The van der Waals surface area contributed by atoms with Gasteiger partial charge in [-0.3, -0.25) is 14.7 Å². The maximum Gasteiger partial charge on any atom is 0.573 e. The van der Waals surface area contributed by atoms with Crippen molar-refractivity contribution in [2.75, 3.05) is 33.3 Å². The minimum Gasteiger partial charge on any atom is -0.406 e. The number of carbonyl (C=O) groups excluding carboxylic acids is 1. The second kappa shape index (κ2) is 11.3. The summed E-state index contributed by atoms with van der Waals surface area (Å²) in [5, 5.41) is 4.25. The van der Waals surface area contributed by atoms with Gasteiger partial charge in [0.25, 0.3) is 5.91 Å². The molecule has 1 aromatic rings. The Morgan fingerprint density at radius 3 is 2.21 bits per heavy atom. The Hall–Kier alpha value is -2.88. The molecule has 0 N–H and O–H groups in total. The maximum atomic E-state index is 13.5. The third-order valence-electron chi connectivity index (χ3n) is 8.49. The fraction of sp³-hybridized carbons (Fsp3) is 0.621. The molecule has 2 fully saturated rings. The number of nitrogens with zero attached hydrogens (tertiary/aromatic N) is 4. The van der Waals surface area contributed by atoms with E-state index in [4.69, 9.17) is 4.84 Å². The summed E-state index contributed by atoms with van der Waals surface area (Å²) in [7, 11) is 1.48. The summed E-state index contributed by atoms with van der Waals surface area (Å²) in [5.74, 6) is -0.0196. The van der Waals surface area contributed by atoms with Crippen LogP contribution < -0.4 is 4.74 Å². The lowest BCUT2D eigenvalue weighted by Crippen LogP contribution is -2.57. The molecule has 0 atom stereocenters. The number of allylic oxidation sites excluding steroid dienone is 1. The molecule has 3 aliphatic heterocycles. The van der Waals surface area contributed by atoms with E-state index in [-0.39, 0.29) is 28.5 Å². The van der Waals surface area contributed by atoms with Gasteiger partial charge in [-0.25, -0.2) is 0 Å². The molecule has 3 aliphatic rings. The van der Waals surface area contributed by atoms with Crippen molar-refractivity contribution in [2.24, 2.45) is 21.5 Å². The quantitative estimate of drug-likeness (QED) is 0.333. The van der Waals surface area contributed by atoms with Crippen LogP contribution in [0.1, 0.15) is 65.4 Å². The number of likely N-dealkylation sites (tertiary alicyclic amines) is 2. The summed E-state index contributed by atoms with van der Waals surface area (Å²) in [5.41, 5.74) is 2.91. The van der Waals surface area contributed by atoms with E-state index in [1.54, 1.807) is 12.1 Å². The van der Waals surface area contributed by atoms with Crippen molar-refractivity contribution in [3.05, 3.63) is 41.1 Å². The Morgan fingerprint density at radius 2 is 1.67 bits per heavy atom. The highest BCUT2D eigenvalue weighted by Gasteiger charge is 2.41. The summed E-state index contributed by atoms with van der Waals surface area (Å²) in [6.07, 6.45) is 1.47. The highest BCUT2D eigenvalue weighted by atomic mass is 19.4. The van der Waals surface area contributed by atoms with E-state index < -0.39 is 6.36 Å². The molecule has 7 nitrogen and oxygen atoms in total. The van der Waals surface area contributed by atoms with Gasteiger partial charge in [-0.1, -0.05) is 19.0 Å². The van der Waals surface area contributed by atoms with Crippen molar-refractivity contribution in [1.82, 2.24) is 9.80 Å². The van der Waals surface area contributed by atoms with E-state index in [0.717, 1.165) is 67.7 Å². The smallest absolute Gasteiger partial charge is 0.406 e. The summed E-state index contributed by atoms with van der Waals surface area (Å²) < 4.78 is 41.6. The van der Waals surface area contributed by atoms with Gasteiger partial charge in [0.05, 0.1) is 5.71 Å². The van der Waals surface area contributed by atoms with Crippen LogP contribution in [0.4, 0.5) is 13.2 Å². The first kappa shape index (κ1) is 29.1. The lowest BCUT2D eigenvalue weighted by molar-refractivity contribution is -0.274. The van der Waals surface area contributed by atoms with Crippen LogP contribution in [0.25, 0.3) is 0 Å². The number of benzene rings is 1. The molecular weight excluding hydrogens is 509 g/mol. The monoisotopic (exact) mass is 548 g/mol. The molecule has 1 amide bonds. The van der Waals surface area contributed by atoms with E-state index >= 15 is 0 Å². The molecule has 10 heteroatoms. The van der Waals surface area contributed by atoms with Crippen LogP contribution in [-0.4, -0.2) is 72.8 Å². The second-order valence-corrected chi connectivity index (χ2v) is 11.6. The van der Waals surface area contributed by atoms with Crippen molar-refractivity contribution in [3.63, 3.8) is 0 Å². The highest BCUT2D eigenvalue weighted by molar-refractivity contribution is 6.02. The number of amides is 1. The molecular formula is C29H39F3N4O3. The molecule has 0 radical (unpaired) electrons. The first-order valence-corrected chi connectivity index (χ1v) is 13.6. The fourth-order valence-electron chi connectivity index (χ4n) is 6.16. The van der Waals surface area contributed by atoms with Crippen LogP contribution in [-0.2, 0) is 9.63 Å². The number of oxime groups is 1. The standard InChI is InChI=1S/C29H39F3N4O3/c1-20-24(27(2,3)12-15-33-20)26(37)35-18-13-28(4,14-19-35)36-16-10-22(11-17-36)25(34-38-5)21-6-8-23(9-7-21)39-29(30,31)32/h6-9,15,22H,10-14,16-19H2,1-5H3/b34-25+. The molecule has 0 unspecified atom stereocenters. The molecule has 0 spiro atoms. The van der Waals surface area contributed by atoms with Crippen LogP contribution in [0.15, 0.2) is 45.7 Å². The third-order valence-corrected chi connectivity index (χ3v) is 8.49. The summed E-state index contributed by atoms with van der Waals surface area (Å²) in [6.45, 7) is 11.6. The topological polar surface area (TPSA) is 66.7 Å². The molecule has 0 saturated carbocycles. The Balaban J connectivity index is 1.36. The number of halogens is 3. The number of rotatable bonds is 6. The Kier molecular flexibility index (Phi) is 8.44. The summed E-state index contributed by atoms with van der Waals surface area (Å²) >= 11 is 0. The maximum absolute atomic E-state index is 13.5. The van der Waals surface area contributed by atoms with E-state index in [1.807, 2.05) is 18.0 Å². The number of alkyl halides is 3. The van der Waals surface area contributed by atoms with Crippen LogP contribution in [0.3, 0.4) is 0 Å². The average molecular weight is 549 g/mol. The molecule has 1 aromatic carbocycles. The zero-order chi connectivity index (χ0) is 28.4. The SMILES string of the molecule is CO/N=C(\c1ccc(OC(F)(F)F)cc1)C1CCN(C2(C)CCN(C(=O)C3=C(C)N=CCC3(C)C)CC2)CC1. The minimum absolute atomic E-state index is 0.000551. The van der Waals surface area contributed by atoms with Gasteiger partial charge in [0.1, 0.15) is 12.9 Å². The van der Waals surface area contributed by atoms with Crippen LogP contribution >= 0.6 is 0 Å². The van der Waals surface area contributed by atoms with Crippen molar-refractivity contribution in [1.29, 1.82) is 0 Å². The summed E-state index contributed by atoms with van der Waals surface area (Å²) in [6, 6.07) is 5.79. The highest BCUT2D eigenvalue weighted by Crippen LogP contribution is 2.39. The minimum atomic E-state index is -4.73. The van der Waals surface area contributed by atoms with Crippen molar-refractivity contribution < 1.29 is 27.5 Å². The average Bonchev–Trinajstić information content (AvgIpc) is 2.87. The van der Waals surface area contributed by atoms with Crippen LogP contribution in [0, 0.1) is 11.3 Å². The van der Waals surface area contributed by atoms with Crippen molar-refractivity contribution >= 4 is 17.8 Å². The molecule has 3 heterocycles. The number of ether oxygens (including phenoxy) is 1. The molecule has 0 aliphatic carbocycles. The molecule has 0 bridgehead atoms. The number of aliphatic imine (C=N–C) groups is 1. The first-order chi connectivity index (χ1) is 18.3. The number of piperidine rings is 2. The molecule has 0 aromatic heterocycles. The predicted octanol–water partition coefficient (Wildman–Crippen LogP) is 5.80. The number of hydrogen-bond donors (Lipinski definition) is 0. The van der Waals surface area contributed by atoms with E-state index in [2.05, 4.69) is 40.6 Å². The fourth-order valence-corrected chi connectivity index (χ4v) is 6.16. The normalized spacial score (nSPS) is 22.7. The summed E-state index contributed by atoms with van der Waals surface area (Å²) in [4.78, 5) is 27.5. The Labute approximate surface area is 228 Å². The molecule has 4 rings (SSSR count).